The van der Waals surface area contributed by atoms with E-state index < -0.39 is 5.82 Å². The van der Waals surface area contributed by atoms with Crippen LogP contribution in [0.3, 0.4) is 0 Å². The average molecular weight is 274 g/mol. The van der Waals surface area contributed by atoms with Gasteiger partial charge in [-0.2, -0.15) is 0 Å². The summed E-state index contributed by atoms with van der Waals surface area (Å²) in [5.41, 5.74) is 1.89. The van der Waals surface area contributed by atoms with E-state index in [1.165, 1.54) is 12.1 Å². The van der Waals surface area contributed by atoms with E-state index in [0.29, 0.717) is 5.69 Å². The predicted octanol–water partition coefficient (Wildman–Crippen LogP) is 1.90. The summed E-state index contributed by atoms with van der Waals surface area (Å²) in [4.78, 5) is 20.3. The Labute approximate surface area is 116 Å². The number of rotatable bonds is 4. The Balaban J connectivity index is 2.09. The highest BCUT2D eigenvalue weighted by atomic mass is 19.1. The van der Waals surface area contributed by atoms with E-state index in [4.69, 9.17) is 0 Å². The van der Waals surface area contributed by atoms with Crippen molar-refractivity contribution in [1.29, 1.82) is 0 Å². The Morgan fingerprint density at radius 1 is 1.30 bits per heavy atom. The zero-order valence-electron chi connectivity index (χ0n) is 11.3. The predicted molar refractivity (Wildman–Crippen MR) is 73.9 cm³/mol. The fraction of sp³-hybridized carbons (Fsp3) is 0.214. The molecule has 0 aliphatic carbocycles. The molecule has 1 aromatic carbocycles. The number of benzene rings is 1. The quantitative estimate of drug-likeness (QED) is 0.893. The number of halogens is 1. The summed E-state index contributed by atoms with van der Waals surface area (Å²) in [5, 5.41) is 5.38. The van der Waals surface area contributed by atoms with Crippen molar-refractivity contribution in [2.75, 3.05) is 12.4 Å². The van der Waals surface area contributed by atoms with Crippen LogP contribution in [0.5, 0.6) is 0 Å². The van der Waals surface area contributed by atoms with Crippen molar-refractivity contribution < 1.29 is 9.18 Å². The fourth-order valence-electron chi connectivity index (χ4n) is 1.74. The number of para-hydroxylation sites is 1. The van der Waals surface area contributed by atoms with Crippen LogP contribution >= 0.6 is 0 Å². The first-order valence-electron chi connectivity index (χ1n) is 6.14. The summed E-state index contributed by atoms with van der Waals surface area (Å²) in [5.74, 6) is -0.827. The van der Waals surface area contributed by atoms with Gasteiger partial charge in [0.2, 0.25) is 0 Å². The molecule has 0 bridgehead atoms. The second kappa shape index (κ2) is 6.10. The van der Waals surface area contributed by atoms with Gasteiger partial charge in [-0.15, -0.1) is 0 Å². The third-order valence-corrected chi connectivity index (χ3v) is 2.77. The molecule has 2 rings (SSSR count). The molecule has 2 aromatic rings. The van der Waals surface area contributed by atoms with Crippen molar-refractivity contribution in [1.82, 2.24) is 15.3 Å². The zero-order valence-corrected chi connectivity index (χ0v) is 11.3. The van der Waals surface area contributed by atoms with Gasteiger partial charge in [-0.25, -0.2) is 4.39 Å². The van der Waals surface area contributed by atoms with E-state index in [1.54, 1.807) is 25.5 Å². The van der Waals surface area contributed by atoms with Crippen LogP contribution in [0.25, 0.3) is 0 Å². The number of hydrogen-bond donors (Lipinski definition) is 2. The van der Waals surface area contributed by atoms with Crippen molar-refractivity contribution in [2.45, 2.75) is 13.5 Å². The molecule has 0 saturated carbocycles. The molecule has 0 saturated heterocycles. The van der Waals surface area contributed by atoms with Gasteiger partial charge in [0, 0.05) is 13.2 Å². The van der Waals surface area contributed by atoms with Gasteiger partial charge in [-0.1, -0.05) is 6.07 Å². The van der Waals surface area contributed by atoms with Crippen molar-refractivity contribution in [3.63, 3.8) is 0 Å². The van der Waals surface area contributed by atoms with Crippen LogP contribution in [0.15, 0.2) is 30.6 Å². The Bertz CT molecular complexity index is 613. The molecule has 6 heteroatoms. The second-order valence-corrected chi connectivity index (χ2v) is 4.24. The topological polar surface area (TPSA) is 66.9 Å². The number of nitrogens with zero attached hydrogens (tertiary/aromatic N) is 2. The van der Waals surface area contributed by atoms with Crippen LogP contribution in [-0.2, 0) is 6.54 Å². The highest BCUT2D eigenvalue weighted by Gasteiger charge is 2.13. The maximum Gasteiger partial charge on any atom is 0.253 e. The SMILES string of the molecule is CNc1c(F)cccc1C(=O)NCc1cnc(C)cn1. The van der Waals surface area contributed by atoms with Crippen molar-refractivity contribution in [2.24, 2.45) is 0 Å². The summed E-state index contributed by atoms with van der Waals surface area (Å²) in [6.07, 6.45) is 3.23. The first-order chi connectivity index (χ1) is 9.61. The number of aryl methyl sites for hydroxylation is 1. The molecule has 0 aliphatic rings. The van der Waals surface area contributed by atoms with E-state index in [2.05, 4.69) is 20.6 Å². The molecular weight excluding hydrogens is 259 g/mol. The average Bonchev–Trinajstić information content (AvgIpc) is 2.46. The minimum absolute atomic E-state index is 0.181. The number of hydrogen-bond acceptors (Lipinski definition) is 4. The van der Waals surface area contributed by atoms with Crippen molar-refractivity contribution in [3.8, 4) is 0 Å². The first-order valence-corrected chi connectivity index (χ1v) is 6.14. The Kier molecular flexibility index (Phi) is 4.24. The normalized spacial score (nSPS) is 10.2. The van der Waals surface area contributed by atoms with Crippen molar-refractivity contribution >= 4 is 11.6 Å². The number of amides is 1. The molecule has 20 heavy (non-hydrogen) atoms. The van der Waals surface area contributed by atoms with Gasteiger partial charge < -0.3 is 10.6 Å². The Morgan fingerprint density at radius 3 is 2.75 bits per heavy atom. The van der Waals surface area contributed by atoms with Crippen LogP contribution in [0.2, 0.25) is 0 Å². The maximum atomic E-state index is 13.6. The molecular formula is C14H15FN4O. The number of carbonyl (C=O) groups is 1. The van der Waals surface area contributed by atoms with Gasteiger partial charge in [0.15, 0.2) is 0 Å². The highest BCUT2D eigenvalue weighted by Crippen LogP contribution is 2.18. The zero-order chi connectivity index (χ0) is 14.5. The van der Waals surface area contributed by atoms with E-state index in [0.717, 1.165) is 5.69 Å². The number of carbonyl (C=O) groups excluding carboxylic acids is 1. The van der Waals surface area contributed by atoms with Crippen LogP contribution in [0.4, 0.5) is 10.1 Å². The van der Waals surface area contributed by atoms with Gasteiger partial charge in [0.25, 0.3) is 5.91 Å². The van der Waals surface area contributed by atoms with Gasteiger partial charge >= 0.3 is 0 Å². The van der Waals surface area contributed by atoms with Gasteiger partial charge in [0.05, 0.1) is 35.4 Å². The molecule has 0 fully saturated rings. The summed E-state index contributed by atoms with van der Waals surface area (Å²) in [7, 11) is 1.57. The number of nitrogens with one attached hydrogen (secondary N) is 2. The summed E-state index contributed by atoms with van der Waals surface area (Å²) in [6.45, 7) is 2.08. The third kappa shape index (κ3) is 3.09. The lowest BCUT2D eigenvalue weighted by Gasteiger charge is -2.10. The van der Waals surface area contributed by atoms with E-state index in [9.17, 15) is 9.18 Å². The lowest BCUT2D eigenvalue weighted by Crippen LogP contribution is -2.24. The molecule has 0 aliphatic heterocycles. The third-order valence-electron chi connectivity index (χ3n) is 2.77. The highest BCUT2D eigenvalue weighted by molar-refractivity contribution is 5.99. The van der Waals surface area contributed by atoms with Gasteiger partial charge in [-0.05, 0) is 19.1 Å². The largest absolute Gasteiger partial charge is 0.385 e. The molecule has 0 spiro atoms. The number of aromatic nitrogens is 2. The standard InChI is InChI=1S/C14H15FN4O/c1-9-6-18-10(7-17-9)8-19-14(20)11-4-3-5-12(15)13(11)16-2/h3-7,16H,8H2,1-2H3,(H,19,20). The maximum absolute atomic E-state index is 13.6. The Morgan fingerprint density at radius 2 is 2.10 bits per heavy atom. The molecule has 1 aromatic heterocycles. The van der Waals surface area contributed by atoms with Crippen LogP contribution in [0.1, 0.15) is 21.7 Å². The van der Waals surface area contributed by atoms with E-state index in [1.807, 2.05) is 6.92 Å². The fourth-order valence-corrected chi connectivity index (χ4v) is 1.74. The molecule has 1 heterocycles. The van der Waals surface area contributed by atoms with Crippen LogP contribution in [0, 0.1) is 12.7 Å². The molecule has 104 valence electrons. The monoisotopic (exact) mass is 274 g/mol. The minimum Gasteiger partial charge on any atom is -0.385 e. The molecule has 0 unspecified atom stereocenters. The van der Waals surface area contributed by atoms with Gasteiger partial charge in [-0.3, -0.25) is 14.8 Å². The van der Waals surface area contributed by atoms with Gasteiger partial charge in [0.1, 0.15) is 5.82 Å². The molecule has 5 nitrogen and oxygen atoms in total. The smallest absolute Gasteiger partial charge is 0.253 e. The summed E-state index contributed by atoms with van der Waals surface area (Å²) < 4.78 is 13.6. The molecule has 0 atom stereocenters. The van der Waals surface area contributed by atoms with E-state index in [-0.39, 0.29) is 23.7 Å². The lowest BCUT2D eigenvalue weighted by molar-refractivity contribution is 0.0951. The Hall–Kier alpha value is -2.50. The van der Waals surface area contributed by atoms with Crippen LogP contribution in [-0.4, -0.2) is 22.9 Å². The summed E-state index contributed by atoms with van der Waals surface area (Å²) >= 11 is 0. The second-order valence-electron chi connectivity index (χ2n) is 4.24. The summed E-state index contributed by atoms with van der Waals surface area (Å²) in [6, 6.07) is 4.36. The van der Waals surface area contributed by atoms with Crippen LogP contribution < -0.4 is 10.6 Å². The number of anilines is 1. The molecule has 2 N–H and O–H groups in total. The molecule has 0 radical (unpaired) electrons. The molecule has 1 amide bonds. The van der Waals surface area contributed by atoms with Crippen molar-refractivity contribution in [3.05, 3.63) is 53.4 Å². The van der Waals surface area contributed by atoms with E-state index >= 15 is 0 Å². The lowest BCUT2D eigenvalue weighted by atomic mass is 10.1. The minimum atomic E-state index is -0.463. The first kappa shape index (κ1) is 13.9.